The summed E-state index contributed by atoms with van der Waals surface area (Å²) in [4.78, 5) is 0. The minimum atomic E-state index is 1.10. The largest absolute Gasteiger partial charge is 0.0613 e. The van der Waals surface area contributed by atoms with E-state index in [0.29, 0.717) is 0 Å². The van der Waals surface area contributed by atoms with Crippen LogP contribution in [0, 0.1) is 13.8 Å². The van der Waals surface area contributed by atoms with Gasteiger partial charge in [-0.3, -0.25) is 0 Å². The van der Waals surface area contributed by atoms with Crippen molar-refractivity contribution in [1.82, 2.24) is 0 Å². The van der Waals surface area contributed by atoms with E-state index in [1.807, 2.05) is 0 Å². The molecule has 0 heteroatoms. The van der Waals surface area contributed by atoms with Gasteiger partial charge in [-0.1, -0.05) is 50.2 Å². The average Bonchev–Trinajstić information content (AvgIpc) is 2.45. The lowest BCUT2D eigenvalue weighted by Crippen LogP contribution is -1.90. The first-order valence-electron chi connectivity index (χ1n) is 7.59. The van der Waals surface area contributed by atoms with Crippen LogP contribution in [0.4, 0.5) is 0 Å². The van der Waals surface area contributed by atoms with Crippen molar-refractivity contribution in [3.8, 4) is 0 Å². The van der Waals surface area contributed by atoms with Crippen molar-refractivity contribution >= 4 is 21.5 Å². The fourth-order valence-electron chi connectivity index (χ4n) is 3.23. The van der Waals surface area contributed by atoms with E-state index in [1.54, 1.807) is 0 Å². The summed E-state index contributed by atoms with van der Waals surface area (Å²) in [5.41, 5.74) is 5.73. The van der Waals surface area contributed by atoms with Gasteiger partial charge in [0.05, 0.1) is 0 Å². The van der Waals surface area contributed by atoms with Gasteiger partial charge < -0.3 is 0 Å². The number of fused-ring (bicyclic) bond motifs is 3. The molecule has 0 aliphatic rings. The van der Waals surface area contributed by atoms with Gasteiger partial charge in [0, 0.05) is 0 Å². The third-order valence-electron chi connectivity index (χ3n) is 4.51. The molecule has 0 fully saturated rings. The molecule has 3 aromatic carbocycles. The minimum Gasteiger partial charge on any atom is -0.0613 e. The second-order valence-corrected chi connectivity index (χ2v) is 5.77. The first-order chi connectivity index (χ1) is 9.63. The third-order valence-corrected chi connectivity index (χ3v) is 4.51. The van der Waals surface area contributed by atoms with Gasteiger partial charge in [0.25, 0.3) is 0 Å². The van der Waals surface area contributed by atoms with Crippen LogP contribution in [-0.2, 0) is 12.8 Å². The molecule has 0 atom stereocenters. The van der Waals surface area contributed by atoms with E-state index >= 15 is 0 Å². The summed E-state index contributed by atoms with van der Waals surface area (Å²) in [6, 6.07) is 14.0. The van der Waals surface area contributed by atoms with Crippen molar-refractivity contribution in [2.75, 3.05) is 0 Å². The summed E-state index contributed by atoms with van der Waals surface area (Å²) in [6.45, 7) is 8.91. The van der Waals surface area contributed by atoms with Crippen LogP contribution in [0.25, 0.3) is 21.5 Å². The molecular formula is C20H22. The Labute approximate surface area is 121 Å². The zero-order chi connectivity index (χ0) is 14.3. The molecule has 102 valence electrons. The van der Waals surface area contributed by atoms with Gasteiger partial charge in [0.15, 0.2) is 0 Å². The standard InChI is InChI=1S/C20H22/c1-5-15-11-19-17(9-13(15)3)7-8-18-10-14(4)16(6-2)12-20(18)19/h7-12H,5-6H2,1-4H3. The zero-order valence-corrected chi connectivity index (χ0v) is 12.9. The molecule has 0 radical (unpaired) electrons. The highest BCUT2D eigenvalue weighted by molar-refractivity contribution is 6.08. The number of benzene rings is 3. The Hall–Kier alpha value is -1.82. The van der Waals surface area contributed by atoms with Gasteiger partial charge in [-0.2, -0.15) is 0 Å². The Balaban J connectivity index is 2.44. The Bertz CT molecular complexity index is 725. The molecule has 0 saturated carbocycles. The zero-order valence-electron chi connectivity index (χ0n) is 12.9. The van der Waals surface area contributed by atoms with Gasteiger partial charge in [-0.25, -0.2) is 0 Å². The smallest absolute Gasteiger partial charge is 0.0102 e. The Kier molecular flexibility index (Phi) is 3.25. The summed E-state index contributed by atoms with van der Waals surface area (Å²) in [7, 11) is 0. The molecule has 0 spiro atoms. The van der Waals surface area contributed by atoms with E-state index in [0.717, 1.165) is 12.8 Å². The Morgan fingerprint density at radius 2 is 1.05 bits per heavy atom. The molecule has 3 aromatic rings. The van der Waals surface area contributed by atoms with Crippen molar-refractivity contribution in [2.45, 2.75) is 40.5 Å². The van der Waals surface area contributed by atoms with Gasteiger partial charge in [0.2, 0.25) is 0 Å². The summed E-state index contributed by atoms with van der Waals surface area (Å²) >= 11 is 0. The van der Waals surface area contributed by atoms with Gasteiger partial charge in [-0.15, -0.1) is 0 Å². The molecule has 0 aliphatic heterocycles. The molecule has 0 saturated heterocycles. The monoisotopic (exact) mass is 262 g/mol. The Morgan fingerprint density at radius 3 is 1.40 bits per heavy atom. The second kappa shape index (κ2) is 4.94. The maximum atomic E-state index is 2.39. The normalized spacial score (nSPS) is 11.4. The van der Waals surface area contributed by atoms with Gasteiger partial charge >= 0.3 is 0 Å². The van der Waals surface area contributed by atoms with Crippen molar-refractivity contribution in [3.63, 3.8) is 0 Å². The molecule has 0 nitrogen and oxygen atoms in total. The summed E-state index contributed by atoms with van der Waals surface area (Å²) < 4.78 is 0. The molecule has 3 rings (SSSR count). The predicted molar refractivity (Wildman–Crippen MR) is 89.7 cm³/mol. The number of hydrogen-bond acceptors (Lipinski definition) is 0. The first-order valence-corrected chi connectivity index (χ1v) is 7.59. The highest BCUT2D eigenvalue weighted by Crippen LogP contribution is 2.30. The number of aryl methyl sites for hydroxylation is 4. The van der Waals surface area contributed by atoms with Crippen molar-refractivity contribution in [3.05, 3.63) is 58.7 Å². The van der Waals surface area contributed by atoms with E-state index < -0.39 is 0 Å². The maximum Gasteiger partial charge on any atom is -0.0102 e. The van der Waals surface area contributed by atoms with E-state index in [9.17, 15) is 0 Å². The molecule has 0 aromatic heterocycles. The average molecular weight is 262 g/mol. The highest BCUT2D eigenvalue weighted by atomic mass is 14.1. The van der Waals surface area contributed by atoms with Crippen LogP contribution in [-0.4, -0.2) is 0 Å². The topological polar surface area (TPSA) is 0 Å². The van der Waals surface area contributed by atoms with Crippen LogP contribution >= 0.6 is 0 Å². The second-order valence-electron chi connectivity index (χ2n) is 5.77. The van der Waals surface area contributed by atoms with Crippen LogP contribution in [0.5, 0.6) is 0 Å². The van der Waals surface area contributed by atoms with Crippen molar-refractivity contribution < 1.29 is 0 Å². The fourth-order valence-corrected chi connectivity index (χ4v) is 3.23. The molecule has 0 heterocycles. The van der Waals surface area contributed by atoms with Crippen LogP contribution in [0.2, 0.25) is 0 Å². The third kappa shape index (κ3) is 2.00. The van der Waals surface area contributed by atoms with E-state index in [4.69, 9.17) is 0 Å². The summed E-state index contributed by atoms with van der Waals surface area (Å²) in [5.74, 6) is 0. The van der Waals surface area contributed by atoms with E-state index in [1.165, 1.54) is 43.8 Å². The number of hydrogen-bond donors (Lipinski definition) is 0. The predicted octanol–water partition coefficient (Wildman–Crippen LogP) is 5.73. The molecule has 0 unspecified atom stereocenters. The molecule has 0 amide bonds. The fraction of sp³-hybridized carbons (Fsp3) is 0.300. The van der Waals surface area contributed by atoms with Crippen LogP contribution in [0.1, 0.15) is 36.1 Å². The number of rotatable bonds is 2. The van der Waals surface area contributed by atoms with Crippen LogP contribution < -0.4 is 0 Å². The highest BCUT2D eigenvalue weighted by Gasteiger charge is 2.06. The molecular weight excluding hydrogens is 240 g/mol. The van der Waals surface area contributed by atoms with E-state index in [2.05, 4.69) is 64.1 Å². The molecule has 0 bridgehead atoms. The minimum absolute atomic E-state index is 1.10. The Morgan fingerprint density at radius 1 is 0.650 bits per heavy atom. The summed E-state index contributed by atoms with van der Waals surface area (Å²) in [6.07, 6.45) is 2.20. The first kappa shape index (κ1) is 13.2. The molecule has 0 aliphatic carbocycles. The van der Waals surface area contributed by atoms with Crippen LogP contribution in [0.3, 0.4) is 0 Å². The molecule has 20 heavy (non-hydrogen) atoms. The van der Waals surface area contributed by atoms with Gasteiger partial charge in [0.1, 0.15) is 0 Å². The SMILES string of the molecule is CCc1cc2c(ccc3cc(C)c(CC)cc32)cc1C. The summed E-state index contributed by atoms with van der Waals surface area (Å²) in [5, 5.41) is 5.52. The lowest BCUT2D eigenvalue weighted by atomic mass is 9.93. The van der Waals surface area contributed by atoms with Crippen molar-refractivity contribution in [1.29, 1.82) is 0 Å². The van der Waals surface area contributed by atoms with Crippen LogP contribution in [0.15, 0.2) is 36.4 Å². The lowest BCUT2D eigenvalue weighted by molar-refractivity contribution is 1.11. The van der Waals surface area contributed by atoms with Crippen molar-refractivity contribution in [2.24, 2.45) is 0 Å². The van der Waals surface area contributed by atoms with Gasteiger partial charge in [-0.05, 0) is 70.5 Å². The quantitative estimate of drug-likeness (QED) is 0.517. The lowest BCUT2D eigenvalue weighted by Gasteiger charge is -2.12. The molecule has 0 N–H and O–H groups in total. The maximum absolute atomic E-state index is 2.39. The van der Waals surface area contributed by atoms with E-state index in [-0.39, 0.29) is 0 Å².